The summed E-state index contributed by atoms with van der Waals surface area (Å²) >= 11 is 0. The van der Waals surface area contributed by atoms with Gasteiger partial charge in [0.25, 0.3) is 0 Å². The number of rotatable bonds is 4. The van der Waals surface area contributed by atoms with Crippen LogP contribution in [0.5, 0.6) is 0 Å². The molecule has 0 aliphatic heterocycles. The summed E-state index contributed by atoms with van der Waals surface area (Å²) in [6.07, 6.45) is 0. The first-order chi connectivity index (χ1) is 12.7. The number of benzene rings is 3. The van der Waals surface area contributed by atoms with Crippen molar-refractivity contribution in [1.29, 1.82) is 0 Å². The molecule has 0 aliphatic carbocycles. The number of nitrogens with two attached hydrogens (primary N) is 1. The third kappa shape index (κ3) is 3.54. The fourth-order valence-corrected chi connectivity index (χ4v) is 2.67. The third-order valence-electron chi connectivity index (χ3n) is 3.97. The van der Waals surface area contributed by atoms with Crippen LogP contribution in [0.2, 0.25) is 0 Å². The Bertz CT molecular complexity index is 1060. The smallest absolute Gasteiger partial charge is 0.233 e. The van der Waals surface area contributed by atoms with E-state index in [4.69, 9.17) is 5.73 Å². The molecule has 1 aromatic heterocycles. The number of nitrogens with zero attached hydrogens (tertiary/aromatic N) is 3. The van der Waals surface area contributed by atoms with Gasteiger partial charge in [-0.2, -0.15) is 15.0 Å². The van der Waals surface area contributed by atoms with E-state index in [-0.39, 0.29) is 5.95 Å². The van der Waals surface area contributed by atoms with Gasteiger partial charge in [0.05, 0.1) is 0 Å². The van der Waals surface area contributed by atoms with Crippen LogP contribution in [0.4, 0.5) is 29.2 Å². The Balaban J connectivity index is 1.59. The van der Waals surface area contributed by atoms with E-state index in [1.807, 2.05) is 61.5 Å². The summed E-state index contributed by atoms with van der Waals surface area (Å²) in [5.74, 6) is 0.935. The number of nitrogen functional groups attached to an aromatic ring is 1. The first-order valence-electron chi connectivity index (χ1n) is 8.27. The molecule has 0 spiro atoms. The van der Waals surface area contributed by atoms with Gasteiger partial charge in [0.15, 0.2) is 0 Å². The summed E-state index contributed by atoms with van der Waals surface area (Å²) < 4.78 is 0. The maximum Gasteiger partial charge on any atom is 0.233 e. The summed E-state index contributed by atoms with van der Waals surface area (Å²) in [5, 5.41) is 8.65. The van der Waals surface area contributed by atoms with E-state index >= 15 is 0 Å². The molecular formula is C20H18N6. The topological polar surface area (TPSA) is 88.8 Å². The van der Waals surface area contributed by atoms with Crippen molar-refractivity contribution in [3.8, 4) is 0 Å². The Kier molecular flexibility index (Phi) is 4.07. The van der Waals surface area contributed by atoms with E-state index in [1.54, 1.807) is 0 Å². The van der Waals surface area contributed by atoms with E-state index in [9.17, 15) is 0 Å². The fraction of sp³-hybridized carbons (Fsp3) is 0.0500. The minimum Gasteiger partial charge on any atom is -0.368 e. The van der Waals surface area contributed by atoms with Crippen LogP contribution in [0.1, 0.15) is 5.56 Å². The molecule has 3 aromatic carbocycles. The largest absolute Gasteiger partial charge is 0.368 e. The lowest BCUT2D eigenvalue weighted by atomic mass is 10.1. The number of anilines is 5. The molecule has 6 nitrogen and oxygen atoms in total. The van der Waals surface area contributed by atoms with Gasteiger partial charge in [-0.25, -0.2) is 0 Å². The maximum absolute atomic E-state index is 5.84. The van der Waals surface area contributed by atoms with E-state index in [0.29, 0.717) is 11.9 Å². The number of hydrogen-bond donors (Lipinski definition) is 3. The van der Waals surface area contributed by atoms with Gasteiger partial charge in [0.2, 0.25) is 17.8 Å². The standard InChI is InChI=1S/C20H18N6/c1-13-6-9-16(10-7-13)22-19-24-18(21)25-20(26-19)23-17-11-8-14-4-2-3-5-15(14)12-17/h2-12H,1H3,(H4,21,22,23,24,25,26). The molecule has 0 fully saturated rings. The van der Waals surface area contributed by atoms with Gasteiger partial charge < -0.3 is 16.4 Å². The number of nitrogens with one attached hydrogen (secondary N) is 2. The fourth-order valence-electron chi connectivity index (χ4n) is 2.67. The molecule has 0 aliphatic rings. The molecule has 1 heterocycles. The molecule has 0 saturated carbocycles. The van der Waals surface area contributed by atoms with Crippen LogP contribution in [0, 0.1) is 6.92 Å². The minimum atomic E-state index is 0.151. The number of hydrogen-bond acceptors (Lipinski definition) is 6. The van der Waals surface area contributed by atoms with Crippen LogP contribution in [-0.2, 0) is 0 Å². The van der Waals surface area contributed by atoms with Crippen molar-refractivity contribution in [3.63, 3.8) is 0 Å². The molecule has 4 N–H and O–H groups in total. The Labute approximate surface area is 151 Å². The Morgan fingerprint density at radius 1 is 0.692 bits per heavy atom. The average molecular weight is 342 g/mol. The molecule has 0 unspecified atom stereocenters. The van der Waals surface area contributed by atoms with E-state index in [2.05, 4.69) is 37.7 Å². The third-order valence-corrected chi connectivity index (χ3v) is 3.97. The zero-order chi connectivity index (χ0) is 17.9. The second kappa shape index (κ2) is 6.68. The highest BCUT2D eigenvalue weighted by molar-refractivity contribution is 5.86. The van der Waals surface area contributed by atoms with Gasteiger partial charge in [-0.15, -0.1) is 0 Å². The normalized spacial score (nSPS) is 10.7. The van der Waals surface area contributed by atoms with Crippen LogP contribution >= 0.6 is 0 Å². The molecule has 0 bridgehead atoms. The van der Waals surface area contributed by atoms with Gasteiger partial charge in [-0.05, 0) is 42.0 Å². The van der Waals surface area contributed by atoms with Gasteiger partial charge in [-0.3, -0.25) is 0 Å². The molecule has 26 heavy (non-hydrogen) atoms. The highest BCUT2D eigenvalue weighted by Crippen LogP contribution is 2.22. The van der Waals surface area contributed by atoms with Crippen molar-refractivity contribution in [2.75, 3.05) is 16.4 Å². The highest BCUT2D eigenvalue weighted by Gasteiger charge is 2.06. The zero-order valence-electron chi connectivity index (χ0n) is 14.3. The average Bonchev–Trinajstić information content (AvgIpc) is 2.63. The lowest BCUT2D eigenvalue weighted by Crippen LogP contribution is -2.07. The highest BCUT2D eigenvalue weighted by atomic mass is 15.2. The number of fused-ring (bicyclic) bond motifs is 1. The monoisotopic (exact) mass is 342 g/mol. The van der Waals surface area contributed by atoms with Crippen molar-refractivity contribution in [1.82, 2.24) is 15.0 Å². The van der Waals surface area contributed by atoms with Gasteiger partial charge in [-0.1, -0.05) is 48.0 Å². The Hall–Kier alpha value is -3.67. The van der Waals surface area contributed by atoms with Crippen LogP contribution < -0.4 is 16.4 Å². The van der Waals surface area contributed by atoms with Gasteiger partial charge >= 0.3 is 0 Å². The summed E-state index contributed by atoms with van der Waals surface area (Å²) in [6.45, 7) is 2.04. The summed E-state index contributed by atoms with van der Waals surface area (Å²) in [4.78, 5) is 12.7. The minimum absolute atomic E-state index is 0.151. The van der Waals surface area contributed by atoms with Crippen LogP contribution in [0.15, 0.2) is 66.7 Å². The van der Waals surface area contributed by atoms with Crippen LogP contribution in [-0.4, -0.2) is 15.0 Å². The summed E-state index contributed by atoms with van der Waals surface area (Å²) in [6, 6.07) is 22.2. The molecule has 128 valence electrons. The van der Waals surface area contributed by atoms with E-state index in [0.717, 1.165) is 16.8 Å². The number of aromatic nitrogens is 3. The van der Waals surface area contributed by atoms with Gasteiger partial charge in [0.1, 0.15) is 0 Å². The molecule has 0 saturated heterocycles. The van der Waals surface area contributed by atoms with E-state index < -0.39 is 0 Å². The van der Waals surface area contributed by atoms with Crippen LogP contribution in [0.3, 0.4) is 0 Å². The molecule has 0 radical (unpaired) electrons. The predicted octanol–water partition coefficient (Wildman–Crippen LogP) is 4.40. The van der Waals surface area contributed by atoms with Crippen molar-refractivity contribution >= 4 is 40.0 Å². The second-order valence-electron chi connectivity index (χ2n) is 6.02. The maximum atomic E-state index is 5.84. The number of aryl methyl sites for hydroxylation is 1. The van der Waals surface area contributed by atoms with Crippen molar-refractivity contribution in [2.45, 2.75) is 6.92 Å². The molecule has 6 heteroatoms. The zero-order valence-corrected chi connectivity index (χ0v) is 14.3. The lowest BCUT2D eigenvalue weighted by Gasteiger charge is -2.09. The lowest BCUT2D eigenvalue weighted by molar-refractivity contribution is 1.07. The van der Waals surface area contributed by atoms with Crippen molar-refractivity contribution in [2.24, 2.45) is 0 Å². The molecular weight excluding hydrogens is 324 g/mol. The Morgan fingerprint density at radius 3 is 2.04 bits per heavy atom. The van der Waals surface area contributed by atoms with Crippen molar-refractivity contribution < 1.29 is 0 Å². The first kappa shape index (κ1) is 15.8. The second-order valence-corrected chi connectivity index (χ2v) is 6.02. The van der Waals surface area contributed by atoms with E-state index in [1.165, 1.54) is 10.9 Å². The van der Waals surface area contributed by atoms with Crippen molar-refractivity contribution in [3.05, 3.63) is 72.3 Å². The first-order valence-corrected chi connectivity index (χ1v) is 8.27. The summed E-state index contributed by atoms with van der Waals surface area (Å²) in [7, 11) is 0. The molecule has 0 atom stereocenters. The molecule has 0 amide bonds. The van der Waals surface area contributed by atoms with Gasteiger partial charge in [0, 0.05) is 11.4 Å². The SMILES string of the molecule is Cc1ccc(Nc2nc(N)nc(Nc3ccc4ccccc4c3)n2)cc1. The summed E-state index contributed by atoms with van der Waals surface area (Å²) in [5.41, 5.74) is 8.80. The Morgan fingerprint density at radius 2 is 1.31 bits per heavy atom. The van der Waals surface area contributed by atoms with Crippen LogP contribution in [0.25, 0.3) is 10.8 Å². The molecule has 4 rings (SSSR count). The quantitative estimate of drug-likeness (QED) is 0.509. The predicted molar refractivity (Wildman–Crippen MR) is 106 cm³/mol. The molecule has 4 aromatic rings.